The molecule has 0 saturated carbocycles. The molecule has 0 atom stereocenters. The summed E-state index contributed by atoms with van der Waals surface area (Å²) in [5, 5.41) is 6.93. The van der Waals surface area contributed by atoms with E-state index in [1.807, 2.05) is 6.20 Å². The van der Waals surface area contributed by atoms with Gasteiger partial charge in [-0.05, 0) is 37.3 Å². The second-order valence-electron chi connectivity index (χ2n) is 4.38. The third-order valence-corrected chi connectivity index (χ3v) is 4.24. The van der Waals surface area contributed by atoms with Gasteiger partial charge in [-0.15, -0.1) is 11.3 Å². The molecule has 0 saturated heterocycles. The Morgan fingerprint density at radius 2 is 2.06 bits per heavy atom. The highest BCUT2D eigenvalue weighted by Gasteiger charge is 2.20. The number of hydrogen-bond donors (Lipinski definition) is 1. The summed E-state index contributed by atoms with van der Waals surface area (Å²) >= 11 is 1.76. The van der Waals surface area contributed by atoms with Crippen LogP contribution in [0.2, 0.25) is 0 Å². The van der Waals surface area contributed by atoms with Crippen LogP contribution >= 0.6 is 11.3 Å². The lowest BCUT2D eigenvalue weighted by Gasteiger charge is -2.29. The summed E-state index contributed by atoms with van der Waals surface area (Å²) in [7, 11) is 0. The first-order chi connectivity index (χ1) is 7.68. The summed E-state index contributed by atoms with van der Waals surface area (Å²) in [6.45, 7) is 6.67. The molecule has 3 heteroatoms. The van der Waals surface area contributed by atoms with Crippen molar-refractivity contribution in [3.63, 3.8) is 0 Å². The second-order valence-corrected chi connectivity index (χ2v) is 5.33. The second kappa shape index (κ2) is 4.42. The number of thiophene rings is 1. The fraction of sp³-hybridized carbons (Fsp3) is 0.462. The van der Waals surface area contributed by atoms with Crippen LogP contribution < -0.4 is 5.32 Å². The number of hydrogen-bond acceptors (Lipinski definition) is 3. The van der Waals surface area contributed by atoms with Gasteiger partial charge in [0.05, 0.1) is 0 Å². The van der Waals surface area contributed by atoms with Gasteiger partial charge in [0.25, 0.3) is 0 Å². The van der Waals surface area contributed by atoms with Crippen molar-refractivity contribution in [1.29, 1.82) is 0 Å². The Morgan fingerprint density at radius 3 is 2.75 bits per heavy atom. The number of pyridine rings is 1. The fourth-order valence-corrected chi connectivity index (χ4v) is 2.49. The highest BCUT2D eigenvalue weighted by Crippen LogP contribution is 2.29. The van der Waals surface area contributed by atoms with Crippen molar-refractivity contribution in [2.45, 2.75) is 39.2 Å². The summed E-state index contributed by atoms with van der Waals surface area (Å²) in [5.41, 5.74) is 0.142. The fourth-order valence-electron chi connectivity index (χ4n) is 1.71. The van der Waals surface area contributed by atoms with E-state index >= 15 is 0 Å². The van der Waals surface area contributed by atoms with Crippen molar-refractivity contribution in [3.05, 3.63) is 23.7 Å². The number of anilines is 1. The Hall–Kier alpha value is -1.09. The largest absolute Gasteiger partial charge is 0.364 e. The van der Waals surface area contributed by atoms with E-state index < -0.39 is 0 Å². The molecule has 0 aromatic carbocycles. The topological polar surface area (TPSA) is 24.9 Å². The molecule has 0 aliphatic heterocycles. The summed E-state index contributed by atoms with van der Waals surface area (Å²) in [6.07, 6.45) is 4.09. The van der Waals surface area contributed by atoms with Crippen molar-refractivity contribution in [3.8, 4) is 0 Å². The van der Waals surface area contributed by atoms with Gasteiger partial charge in [0.2, 0.25) is 0 Å². The Kier molecular flexibility index (Phi) is 3.15. The lowest BCUT2D eigenvalue weighted by molar-refractivity contribution is 0.477. The number of rotatable bonds is 4. The van der Waals surface area contributed by atoms with E-state index in [1.165, 1.54) is 10.1 Å². The van der Waals surface area contributed by atoms with Crippen molar-refractivity contribution in [1.82, 2.24) is 4.98 Å². The molecule has 0 fully saturated rings. The van der Waals surface area contributed by atoms with Gasteiger partial charge in [0.15, 0.2) is 0 Å². The lowest BCUT2D eigenvalue weighted by Crippen LogP contribution is -2.33. The average Bonchev–Trinajstić information content (AvgIpc) is 2.78. The zero-order valence-electron chi connectivity index (χ0n) is 10.1. The van der Waals surface area contributed by atoms with Gasteiger partial charge in [0, 0.05) is 21.8 Å². The number of nitrogens with zero attached hydrogens (tertiary/aromatic N) is 1. The quantitative estimate of drug-likeness (QED) is 0.853. The van der Waals surface area contributed by atoms with Crippen molar-refractivity contribution in [2.75, 3.05) is 5.32 Å². The predicted molar refractivity (Wildman–Crippen MR) is 72.2 cm³/mol. The molecule has 0 unspecified atom stereocenters. The smallest absolute Gasteiger partial charge is 0.135 e. The molecule has 0 bridgehead atoms. The van der Waals surface area contributed by atoms with E-state index in [2.05, 4.69) is 48.6 Å². The van der Waals surface area contributed by atoms with Gasteiger partial charge in [-0.2, -0.15) is 0 Å². The average molecular weight is 234 g/mol. The zero-order valence-corrected chi connectivity index (χ0v) is 10.9. The molecule has 0 spiro atoms. The first kappa shape index (κ1) is 11.4. The minimum atomic E-state index is 0.142. The van der Waals surface area contributed by atoms with Gasteiger partial charge in [-0.1, -0.05) is 13.8 Å². The van der Waals surface area contributed by atoms with E-state index in [1.54, 1.807) is 11.3 Å². The third kappa shape index (κ3) is 2.05. The van der Waals surface area contributed by atoms with E-state index in [0.29, 0.717) is 0 Å². The van der Waals surface area contributed by atoms with Crippen LogP contribution in [-0.4, -0.2) is 10.5 Å². The molecule has 0 aliphatic carbocycles. The molecule has 0 aliphatic rings. The molecule has 86 valence electrons. The standard InChI is InChI=1S/C13H18N2S/c1-4-13(3,5-2)15-12-10-7-9-16-11(10)6-8-14-12/h6-9H,4-5H2,1-3H3,(H,14,15). The van der Waals surface area contributed by atoms with Crippen molar-refractivity contribution in [2.24, 2.45) is 0 Å². The number of aromatic nitrogens is 1. The first-order valence-corrected chi connectivity index (χ1v) is 6.67. The maximum Gasteiger partial charge on any atom is 0.135 e. The first-order valence-electron chi connectivity index (χ1n) is 5.79. The Balaban J connectivity index is 2.37. The number of nitrogens with one attached hydrogen (secondary N) is 1. The van der Waals surface area contributed by atoms with Crippen molar-refractivity contribution >= 4 is 27.2 Å². The Bertz CT molecular complexity index is 471. The van der Waals surface area contributed by atoms with Crippen LogP contribution in [0.25, 0.3) is 10.1 Å². The summed E-state index contributed by atoms with van der Waals surface area (Å²) in [6, 6.07) is 4.21. The molecular formula is C13H18N2S. The Morgan fingerprint density at radius 1 is 1.31 bits per heavy atom. The summed E-state index contributed by atoms with van der Waals surface area (Å²) in [4.78, 5) is 4.46. The lowest BCUT2D eigenvalue weighted by atomic mass is 9.95. The zero-order chi connectivity index (χ0) is 11.6. The molecule has 1 N–H and O–H groups in total. The maximum atomic E-state index is 4.46. The van der Waals surface area contributed by atoms with Crippen LogP contribution in [-0.2, 0) is 0 Å². The van der Waals surface area contributed by atoms with Crippen LogP contribution in [0.3, 0.4) is 0 Å². The van der Waals surface area contributed by atoms with Crippen molar-refractivity contribution < 1.29 is 0 Å². The van der Waals surface area contributed by atoms with Gasteiger partial charge in [0.1, 0.15) is 5.82 Å². The summed E-state index contributed by atoms with van der Waals surface area (Å²) in [5.74, 6) is 1.02. The van der Waals surface area contributed by atoms with E-state index in [4.69, 9.17) is 0 Å². The molecular weight excluding hydrogens is 216 g/mol. The molecule has 0 radical (unpaired) electrons. The van der Waals surface area contributed by atoms with Crippen LogP contribution in [0.4, 0.5) is 5.82 Å². The van der Waals surface area contributed by atoms with Crippen LogP contribution in [0, 0.1) is 0 Å². The highest BCUT2D eigenvalue weighted by atomic mass is 32.1. The van der Waals surface area contributed by atoms with E-state index in [0.717, 1.165) is 18.7 Å². The van der Waals surface area contributed by atoms with Gasteiger partial charge in [-0.3, -0.25) is 0 Å². The number of fused-ring (bicyclic) bond motifs is 1. The van der Waals surface area contributed by atoms with Gasteiger partial charge in [-0.25, -0.2) is 4.98 Å². The minimum absolute atomic E-state index is 0.142. The third-order valence-electron chi connectivity index (χ3n) is 3.36. The van der Waals surface area contributed by atoms with Crippen LogP contribution in [0.1, 0.15) is 33.6 Å². The van der Waals surface area contributed by atoms with E-state index in [9.17, 15) is 0 Å². The Labute approximate surface area is 101 Å². The van der Waals surface area contributed by atoms with Gasteiger partial charge >= 0.3 is 0 Å². The van der Waals surface area contributed by atoms with Gasteiger partial charge < -0.3 is 5.32 Å². The highest BCUT2D eigenvalue weighted by molar-refractivity contribution is 7.17. The molecule has 2 aromatic heterocycles. The predicted octanol–water partition coefficient (Wildman–Crippen LogP) is 4.29. The molecule has 16 heavy (non-hydrogen) atoms. The van der Waals surface area contributed by atoms with Crippen LogP contribution in [0.5, 0.6) is 0 Å². The summed E-state index contributed by atoms with van der Waals surface area (Å²) < 4.78 is 1.30. The monoisotopic (exact) mass is 234 g/mol. The molecule has 0 amide bonds. The molecule has 2 nitrogen and oxygen atoms in total. The maximum absolute atomic E-state index is 4.46. The molecule has 2 aromatic rings. The minimum Gasteiger partial charge on any atom is -0.364 e. The SMILES string of the molecule is CCC(C)(CC)Nc1nccc2sccc12. The molecule has 2 heterocycles. The normalized spacial score (nSPS) is 11.9. The van der Waals surface area contributed by atoms with E-state index in [-0.39, 0.29) is 5.54 Å². The molecule has 2 rings (SSSR count). The van der Waals surface area contributed by atoms with Crippen LogP contribution in [0.15, 0.2) is 23.7 Å².